The fourth-order valence-corrected chi connectivity index (χ4v) is 2.13. The Morgan fingerprint density at radius 3 is 2.80 bits per heavy atom. The Balaban J connectivity index is 2.79. The lowest BCUT2D eigenvalue weighted by atomic mass is 10.1. The molecule has 1 aromatic heterocycles. The van der Waals surface area contributed by atoms with Gasteiger partial charge in [-0.25, -0.2) is 8.78 Å². The summed E-state index contributed by atoms with van der Waals surface area (Å²) in [5, 5.41) is 4.80. The molecule has 2 aromatic rings. The Kier molecular flexibility index (Phi) is 2.73. The number of benzene rings is 1. The number of hydrogen-bond acceptors (Lipinski definition) is 1. The first-order chi connectivity index (χ1) is 7.13. The van der Waals surface area contributed by atoms with Crippen LogP contribution in [0.5, 0.6) is 0 Å². The molecule has 0 aliphatic heterocycles. The molecule has 5 heteroatoms. The second-order valence-electron chi connectivity index (χ2n) is 3.19. The van der Waals surface area contributed by atoms with Crippen LogP contribution < -0.4 is 0 Å². The Labute approximate surface area is 94.0 Å². The molecule has 0 N–H and O–H groups in total. The normalized spacial score (nSPS) is 11.5. The third-order valence-corrected chi connectivity index (χ3v) is 2.72. The summed E-state index contributed by atoms with van der Waals surface area (Å²) in [5.41, 5.74) is 0.550. The first kappa shape index (κ1) is 10.5. The zero-order valence-electron chi connectivity index (χ0n) is 8.04. The fourth-order valence-electron chi connectivity index (χ4n) is 1.63. The highest BCUT2D eigenvalue weighted by atomic mass is 79.9. The molecule has 0 radical (unpaired) electrons. The molecule has 0 atom stereocenters. The van der Waals surface area contributed by atoms with E-state index in [0.717, 1.165) is 5.39 Å². The second-order valence-corrected chi connectivity index (χ2v) is 4.11. The average molecular weight is 275 g/mol. The van der Waals surface area contributed by atoms with Crippen LogP contribution in [0.2, 0.25) is 0 Å². The molecule has 1 aromatic carbocycles. The lowest BCUT2D eigenvalue weighted by Crippen LogP contribution is -1.99. The van der Waals surface area contributed by atoms with Crippen LogP contribution in [0, 0.1) is 0 Å². The van der Waals surface area contributed by atoms with Crippen molar-refractivity contribution in [2.75, 3.05) is 0 Å². The highest BCUT2D eigenvalue weighted by Gasteiger charge is 2.16. The topological polar surface area (TPSA) is 17.8 Å². The molecule has 0 saturated carbocycles. The highest BCUT2D eigenvalue weighted by Crippen LogP contribution is 2.31. The number of aryl methyl sites for hydroxylation is 1. The highest BCUT2D eigenvalue weighted by molar-refractivity contribution is 9.10. The molecule has 0 bridgehead atoms. The SMILES string of the molecule is CCn1ncc2cc(Br)cc(C(F)F)c21. The molecule has 0 saturated heterocycles. The number of hydrogen-bond donors (Lipinski definition) is 0. The van der Waals surface area contributed by atoms with E-state index in [9.17, 15) is 8.78 Å². The van der Waals surface area contributed by atoms with Crippen molar-refractivity contribution < 1.29 is 8.78 Å². The lowest BCUT2D eigenvalue weighted by Gasteiger charge is -2.06. The number of rotatable bonds is 2. The van der Waals surface area contributed by atoms with Crippen molar-refractivity contribution in [2.45, 2.75) is 19.9 Å². The average Bonchev–Trinajstić information content (AvgIpc) is 2.58. The summed E-state index contributed by atoms with van der Waals surface area (Å²) in [4.78, 5) is 0. The summed E-state index contributed by atoms with van der Waals surface area (Å²) in [5.74, 6) is 0. The van der Waals surface area contributed by atoms with E-state index in [0.29, 0.717) is 16.5 Å². The molecule has 0 aliphatic rings. The molecule has 0 fully saturated rings. The first-order valence-electron chi connectivity index (χ1n) is 4.56. The van der Waals surface area contributed by atoms with Crippen LogP contribution in [-0.2, 0) is 6.54 Å². The molecule has 0 aliphatic carbocycles. The van der Waals surface area contributed by atoms with Crippen molar-refractivity contribution in [3.05, 3.63) is 28.4 Å². The van der Waals surface area contributed by atoms with E-state index in [1.807, 2.05) is 6.92 Å². The Morgan fingerprint density at radius 1 is 1.47 bits per heavy atom. The minimum atomic E-state index is -2.48. The molecule has 0 amide bonds. The minimum absolute atomic E-state index is 0.0266. The number of alkyl halides is 2. The molecule has 80 valence electrons. The first-order valence-corrected chi connectivity index (χ1v) is 5.36. The van der Waals surface area contributed by atoms with Crippen LogP contribution in [0.3, 0.4) is 0 Å². The van der Waals surface area contributed by atoms with Gasteiger partial charge in [0.05, 0.1) is 11.7 Å². The summed E-state index contributed by atoms with van der Waals surface area (Å²) >= 11 is 3.21. The number of fused-ring (bicyclic) bond motifs is 1. The van der Waals surface area contributed by atoms with E-state index in [2.05, 4.69) is 21.0 Å². The van der Waals surface area contributed by atoms with Gasteiger partial charge in [0.15, 0.2) is 0 Å². The maximum atomic E-state index is 12.8. The van der Waals surface area contributed by atoms with E-state index >= 15 is 0 Å². The van der Waals surface area contributed by atoms with Crippen molar-refractivity contribution in [1.29, 1.82) is 0 Å². The van der Waals surface area contributed by atoms with Gasteiger partial charge in [0, 0.05) is 22.0 Å². The van der Waals surface area contributed by atoms with Crippen LogP contribution in [0.25, 0.3) is 10.9 Å². The molecule has 2 rings (SSSR count). The molecule has 15 heavy (non-hydrogen) atoms. The van der Waals surface area contributed by atoms with Gasteiger partial charge in [-0.05, 0) is 19.1 Å². The maximum Gasteiger partial charge on any atom is 0.265 e. The van der Waals surface area contributed by atoms with Gasteiger partial charge >= 0.3 is 0 Å². The van der Waals surface area contributed by atoms with E-state index < -0.39 is 6.43 Å². The summed E-state index contributed by atoms with van der Waals surface area (Å²) in [6.07, 6.45) is -0.873. The molecular formula is C10H9BrF2N2. The zero-order chi connectivity index (χ0) is 11.0. The second kappa shape index (κ2) is 3.89. The Morgan fingerprint density at radius 2 is 2.20 bits per heavy atom. The molecule has 2 nitrogen and oxygen atoms in total. The third kappa shape index (κ3) is 1.76. The summed E-state index contributed by atoms with van der Waals surface area (Å²) in [7, 11) is 0. The summed E-state index contributed by atoms with van der Waals surface area (Å²) < 4.78 is 27.9. The van der Waals surface area contributed by atoms with Gasteiger partial charge in [0.1, 0.15) is 0 Å². The van der Waals surface area contributed by atoms with Gasteiger partial charge < -0.3 is 0 Å². The Hall–Kier alpha value is -0.970. The third-order valence-electron chi connectivity index (χ3n) is 2.26. The van der Waals surface area contributed by atoms with E-state index in [4.69, 9.17) is 0 Å². The smallest absolute Gasteiger partial charge is 0.265 e. The van der Waals surface area contributed by atoms with Gasteiger partial charge in [-0.15, -0.1) is 0 Å². The van der Waals surface area contributed by atoms with Crippen LogP contribution in [-0.4, -0.2) is 9.78 Å². The van der Waals surface area contributed by atoms with Gasteiger partial charge in [-0.2, -0.15) is 5.10 Å². The van der Waals surface area contributed by atoms with Crippen molar-refractivity contribution >= 4 is 26.8 Å². The van der Waals surface area contributed by atoms with Crippen LogP contribution in [0.15, 0.2) is 22.8 Å². The maximum absolute atomic E-state index is 12.8. The number of aromatic nitrogens is 2. The molecule has 1 heterocycles. The molecule has 0 unspecified atom stereocenters. The van der Waals surface area contributed by atoms with Crippen molar-refractivity contribution in [1.82, 2.24) is 9.78 Å². The van der Waals surface area contributed by atoms with E-state index in [-0.39, 0.29) is 5.56 Å². The van der Waals surface area contributed by atoms with Gasteiger partial charge in [-0.3, -0.25) is 4.68 Å². The van der Waals surface area contributed by atoms with Crippen molar-refractivity contribution in [3.8, 4) is 0 Å². The predicted molar refractivity (Wildman–Crippen MR) is 58.1 cm³/mol. The van der Waals surface area contributed by atoms with Crippen molar-refractivity contribution in [3.63, 3.8) is 0 Å². The van der Waals surface area contributed by atoms with Gasteiger partial charge in [0.2, 0.25) is 0 Å². The number of nitrogens with zero attached hydrogens (tertiary/aromatic N) is 2. The zero-order valence-corrected chi connectivity index (χ0v) is 9.63. The summed E-state index contributed by atoms with van der Waals surface area (Å²) in [6, 6.07) is 3.24. The summed E-state index contributed by atoms with van der Waals surface area (Å²) in [6.45, 7) is 2.47. The standard InChI is InChI=1S/C10H9BrF2N2/c1-2-15-9-6(5-14-15)3-7(11)4-8(9)10(12)13/h3-5,10H,2H2,1H3. The van der Waals surface area contributed by atoms with Crippen LogP contribution >= 0.6 is 15.9 Å². The van der Waals surface area contributed by atoms with Crippen molar-refractivity contribution in [2.24, 2.45) is 0 Å². The monoisotopic (exact) mass is 274 g/mol. The Bertz CT molecular complexity index is 493. The van der Waals surface area contributed by atoms with Crippen LogP contribution in [0.4, 0.5) is 8.78 Å². The predicted octanol–water partition coefficient (Wildman–Crippen LogP) is 3.76. The fraction of sp³-hybridized carbons (Fsp3) is 0.300. The van der Waals surface area contributed by atoms with E-state index in [1.165, 1.54) is 6.07 Å². The van der Waals surface area contributed by atoms with Gasteiger partial charge in [-0.1, -0.05) is 15.9 Å². The number of halogens is 3. The van der Waals surface area contributed by atoms with Crippen LogP contribution in [0.1, 0.15) is 18.9 Å². The lowest BCUT2D eigenvalue weighted by molar-refractivity contribution is 0.152. The molecule has 0 spiro atoms. The van der Waals surface area contributed by atoms with Gasteiger partial charge in [0.25, 0.3) is 6.43 Å². The van der Waals surface area contributed by atoms with E-state index in [1.54, 1.807) is 16.9 Å². The largest absolute Gasteiger partial charge is 0.265 e. The quantitative estimate of drug-likeness (QED) is 0.816. The molecular weight excluding hydrogens is 266 g/mol. The minimum Gasteiger partial charge on any atom is -0.265 e.